The lowest BCUT2D eigenvalue weighted by Gasteiger charge is -2.14. The van der Waals surface area contributed by atoms with E-state index >= 15 is 0 Å². The summed E-state index contributed by atoms with van der Waals surface area (Å²) in [4.78, 5) is 0. The largest absolute Gasteiger partial charge is 0.490 e. The highest BCUT2D eigenvalue weighted by Crippen LogP contribution is 2.36. The second kappa shape index (κ2) is 7.50. The Labute approximate surface area is 109 Å². The van der Waals surface area contributed by atoms with Gasteiger partial charge >= 0.3 is 0 Å². The second-order valence-corrected chi connectivity index (χ2v) is 4.26. The second-order valence-electron chi connectivity index (χ2n) is 3.41. The minimum atomic E-state index is -0.518. The number of benzene rings is 1. The average Bonchev–Trinajstić information content (AvgIpc) is 2.29. The van der Waals surface area contributed by atoms with Gasteiger partial charge in [0.2, 0.25) is 0 Å². The van der Waals surface area contributed by atoms with E-state index in [9.17, 15) is 4.39 Å². The summed E-state index contributed by atoms with van der Waals surface area (Å²) in [5, 5.41) is 3.07. The van der Waals surface area contributed by atoms with Crippen LogP contribution in [0.15, 0.2) is 16.6 Å². The van der Waals surface area contributed by atoms with Crippen LogP contribution < -0.4 is 14.8 Å². The summed E-state index contributed by atoms with van der Waals surface area (Å²) in [6.07, 6.45) is 0. The quantitative estimate of drug-likeness (QED) is 0.840. The average molecular weight is 306 g/mol. The first-order valence-corrected chi connectivity index (χ1v) is 6.30. The van der Waals surface area contributed by atoms with Gasteiger partial charge in [-0.05, 0) is 47.6 Å². The SMILES string of the molecule is CCOc1cc(CNC)cc(Br)c1OCCF. The van der Waals surface area contributed by atoms with Crippen molar-refractivity contribution in [3.8, 4) is 11.5 Å². The molecule has 0 aromatic heterocycles. The van der Waals surface area contributed by atoms with Crippen LogP contribution in [0.2, 0.25) is 0 Å². The molecule has 17 heavy (non-hydrogen) atoms. The fraction of sp³-hybridized carbons (Fsp3) is 0.500. The number of hydrogen-bond acceptors (Lipinski definition) is 3. The Morgan fingerprint density at radius 2 is 2.12 bits per heavy atom. The molecule has 0 aliphatic rings. The Kier molecular flexibility index (Phi) is 6.29. The maximum absolute atomic E-state index is 12.1. The summed E-state index contributed by atoms with van der Waals surface area (Å²) in [7, 11) is 1.88. The van der Waals surface area contributed by atoms with Crippen LogP contribution in [0.25, 0.3) is 0 Å². The molecule has 0 unspecified atom stereocenters. The zero-order valence-electron chi connectivity index (χ0n) is 10.1. The standard InChI is InChI=1S/C12H17BrFNO2/c1-3-16-11-7-9(8-15-2)6-10(13)12(11)17-5-4-14/h6-7,15H,3-5,8H2,1-2H3. The van der Waals surface area contributed by atoms with Crippen LogP contribution in [0.4, 0.5) is 4.39 Å². The van der Waals surface area contributed by atoms with Crippen LogP contribution in [0, 0.1) is 0 Å². The fourth-order valence-electron chi connectivity index (χ4n) is 1.47. The number of hydrogen-bond donors (Lipinski definition) is 1. The minimum absolute atomic E-state index is 0.0318. The fourth-order valence-corrected chi connectivity index (χ4v) is 2.08. The molecular weight excluding hydrogens is 289 g/mol. The zero-order valence-corrected chi connectivity index (χ0v) is 11.6. The van der Waals surface area contributed by atoms with E-state index in [4.69, 9.17) is 9.47 Å². The van der Waals surface area contributed by atoms with Gasteiger partial charge in [-0.3, -0.25) is 0 Å². The molecule has 0 aliphatic heterocycles. The maximum Gasteiger partial charge on any atom is 0.175 e. The van der Waals surface area contributed by atoms with Gasteiger partial charge in [0.1, 0.15) is 13.3 Å². The molecule has 1 aromatic carbocycles. The molecule has 0 heterocycles. The van der Waals surface area contributed by atoms with Gasteiger partial charge in [0.05, 0.1) is 11.1 Å². The van der Waals surface area contributed by atoms with Crippen molar-refractivity contribution in [1.29, 1.82) is 0 Å². The molecule has 0 saturated carbocycles. The van der Waals surface area contributed by atoms with Crippen molar-refractivity contribution < 1.29 is 13.9 Å². The summed E-state index contributed by atoms with van der Waals surface area (Å²) in [6, 6.07) is 3.84. The van der Waals surface area contributed by atoms with Crippen molar-refractivity contribution in [3.05, 3.63) is 22.2 Å². The molecule has 0 spiro atoms. The van der Waals surface area contributed by atoms with Gasteiger partial charge in [-0.1, -0.05) is 0 Å². The molecular formula is C12H17BrFNO2. The van der Waals surface area contributed by atoms with Crippen LogP contribution in [-0.2, 0) is 6.54 Å². The molecule has 96 valence electrons. The summed E-state index contributed by atoms with van der Waals surface area (Å²) < 4.78 is 23.7. The van der Waals surface area contributed by atoms with E-state index in [1.54, 1.807) is 0 Å². The summed E-state index contributed by atoms with van der Waals surface area (Å²) in [5.41, 5.74) is 1.08. The monoisotopic (exact) mass is 305 g/mol. The molecule has 0 saturated heterocycles. The van der Waals surface area contributed by atoms with Gasteiger partial charge in [-0.25, -0.2) is 4.39 Å². The van der Waals surface area contributed by atoms with E-state index in [0.717, 1.165) is 16.6 Å². The lowest BCUT2D eigenvalue weighted by molar-refractivity contribution is 0.250. The predicted octanol–water partition coefficient (Wildman–Crippen LogP) is 2.92. The number of rotatable bonds is 7. The lowest BCUT2D eigenvalue weighted by Crippen LogP contribution is -2.07. The van der Waals surface area contributed by atoms with Gasteiger partial charge in [0.15, 0.2) is 11.5 Å². The molecule has 1 rings (SSSR count). The van der Waals surface area contributed by atoms with Crippen LogP contribution in [0.1, 0.15) is 12.5 Å². The Morgan fingerprint density at radius 3 is 2.71 bits per heavy atom. The highest BCUT2D eigenvalue weighted by molar-refractivity contribution is 9.10. The Bertz CT molecular complexity index is 361. The highest BCUT2D eigenvalue weighted by atomic mass is 79.9. The molecule has 0 aliphatic carbocycles. The van der Waals surface area contributed by atoms with Crippen LogP contribution in [0.5, 0.6) is 11.5 Å². The molecule has 3 nitrogen and oxygen atoms in total. The van der Waals surface area contributed by atoms with Gasteiger partial charge in [0.25, 0.3) is 0 Å². The van der Waals surface area contributed by atoms with Crippen molar-refractivity contribution in [1.82, 2.24) is 5.32 Å². The van der Waals surface area contributed by atoms with E-state index in [2.05, 4.69) is 21.2 Å². The van der Waals surface area contributed by atoms with Crippen molar-refractivity contribution in [2.75, 3.05) is 26.9 Å². The smallest absolute Gasteiger partial charge is 0.175 e. The van der Waals surface area contributed by atoms with E-state index in [-0.39, 0.29) is 6.61 Å². The van der Waals surface area contributed by atoms with Crippen LogP contribution in [0.3, 0.4) is 0 Å². The molecule has 0 radical (unpaired) electrons. The number of halogens is 2. The van der Waals surface area contributed by atoms with E-state index in [0.29, 0.717) is 18.1 Å². The zero-order chi connectivity index (χ0) is 12.7. The third-order valence-corrected chi connectivity index (χ3v) is 2.66. The third kappa shape index (κ3) is 4.16. The van der Waals surface area contributed by atoms with Crippen LogP contribution in [-0.4, -0.2) is 26.9 Å². The van der Waals surface area contributed by atoms with Crippen molar-refractivity contribution in [2.24, 2.45) is 0 Å². The maximum atomic E-state index is 12.1. The topological polar surface area (TPSA) is 30.5 Å². The molecule has 5 heteroatoms. The molecule has 0 atom stereocenters. The first-order chi connectivity index (χ1) is 8.22. The van der Waals surface area contributed by atoms with Gasteiger partial charge < -0.3 is 14.8 Å². The van der Waals surface area contributed by atoms with Crippen molar-refractivity contribution in [3.63, 3.8) is 0 Å². The Hall–Kier alpha value is -0.810. The lowest BCUT2D eigenvalue weighted by atomic mass is 10.2. The first-order valence-electron chi connectivity index (χ1n) is 5.51. The Morgan fingerprint density at radius 1 is 1.35 bits per heavy atom. The molecule has 0 bridgehead atoms. The Balaban J connectivity index is 2.99. The minimum Gasteiger partial charge on any atom is -0.490 e. The third-order valence-electron chi connectivity index (χ3n) is 2.07. The van der Waals surface area contributed by atoms with E-state index in [1.807, 2.05) is 26.1 Å². The predicted molar refractivity (Wildman–Crippen MR) is 69.5 cm³/mol. The van der Waals surface area contributed by atoms with Gasteiger partial charge in [-0.15, -0.1) is 0 Å². The normalized spacial score (nSPS) is 10.4. The van der Waals surface area contributed by atoms with Crippen molar-refractivity contribution in [2.45, 2.75) is 13.5 Å². The molecule has 1 N–H and O–H groups in total. The van der Waals surface area contributed by atoms with Crippen molar-refractivity contribution >= 4 is 15.9 Å². The highest BCUT2D eigenvalue weighted by Gasteiger charge is 2.11. The van der Waals surface area contributed by atoms with E-state index in [1.165, 1.54) is 0 Å². The summed E-state index contributed by atoms with van der Waals surface area (Å²) in [5.74, 6) is 1.20. The number of ether oxygens (including phenoxy) is 2. The number of nitrogens with one attached hydrogen (secondary N) is 1. The van der Waals surface area contributed by atoms with Gasteiger partial charge in [-0.2, -0.15) is 0 Å². The molecule has 0 fully saturated rings. The summed E-state index contributed by atoms with van der Waals surface area (Å²) >= 11 is 3.41. The first kappa shape index (κ1) is 14.3. The van der Waals surface area contributed by atoms with E-state index < -0.39 is 6.67 Å². The van der Waals surface area contributed by atoms with Crippen LogP contribution >= 0.6 is 15.9 Å². The number of alkyl halides is 1. The molecule has 1 aromatic rings. The molecule has 0 amide bonds. The summed E-state index contributed by atoms with van der Waals surface area (Å²) in [6.45, 7) is 2.70. The van der Waals surface area contributed by atoms with Gasteiger partial charge in [0, 0.05) is 6.54 Å².